The maximum atomic E-state index is 13.7. The molecule has 0 bridgehead atoms. The molecule has 2 rings (SSSR count). The van der Waals surface area contributed by atoms with Crippen molar-refractivity contribution >= 4 is 11.5 Å². The second-order valence-electron chi connectivity index (χ2n) is 4.42. The van der Waals surface area contributed by atoms with Crippen LogP contribution in [0.1, 0.15) is 30.7 Å². The van der Waals surface area contributed by atoms with Crippen LogP contribution in [0.2, 0.25) is 0 Å². The summed E-state index contributed by atoms with van der Waals surface area (Å²) >= 11 is 0. The van der Waals surface area contributed by atoms with E-state index in [1.165, 1.54) is 0 Å². The van der Waals surface area contributed by atoms with Crippen molar-refractivity contribution in [1.29, 1.82) is 5.26 Å². The van der Waals surface area contributed by atoms with Crippen molar-refractivity contribution < 1.29 is 8.78 Å². The van der Waals surface area contributed by atoms with E-state index in [4.69, 9.17) is 0 Å². The Morgan fingerprint density at radius 2 is 1.95 bits per heavy atom. The maximum absolute atomic E-state index is 13.7. The third-order valence-electron chi connectivity index (χ3n) is 3.14. The predicted molar refractivity (Wildman–Crippen MR) is 75.1 cm³/mol. The van der Waals surface area contributed by atoms with Gasteiger partial charge in [0.25, 0.3) is 0 Å². The number of nitriles is 1. The van der Waals surface area contributed by atoms with Crippen LogP contribution in [0, 0.1) is 23.0 Å². The van der Waals surface area contributed by atoms with Gasteiger partial charge in [-0.2, -0.15) is 10.4 Å². The molecule has 4 nitrogen and oxygen atoms in total. The lowest BCUT2D eigenvalue weighted by Gasteiger charge is -2.12. The van der Waals surface area contributed by atoms with E-state index in [0.29, 0.717) is 18.4 Å². The zero-order valence-corrected chi connectivity index (χ0v) is 11.7. The minimum absolute atomic E-state index is 0.0768. The standard InChI is InChI=1S/C15H14F2N4/c1-3-10-11(8-18)15(21-20-13(10)4-2)19-14-7-9(16)5-6-12(14)17/h5-7H,3-4H2,1-2H3,(H,19,21). The van der Waals surface area contributed by atoms with Crippen LogP contribution in [0.4, 0.5) is 20.3 Å². The van der Waals surface area contributed by atoms with Gasteiger partial charge in [-0.3, -0.25) is 0 Å². The van der Waals surface area contributed by atoms with Crippen molar-refractivity contribution in [1.82, 2.24) is 10.2 Å². The molecule has 21 heavy (non-hydrogen) atoms. The molecule has 6 heteroatoms. The first-order chi connectivity index (χ1) is 10.1. The van der Waals surface area contributed by atoms with Gasteiger partial charge in [0.15, 0.2) is 5.82 Å². The maximum Gasteiger partial charge on any atom is 0.171 e. The van der Waals surface area contributed by atoms with Crippen LogP contribution < -0.4 is 5.32 Å². The predicted octanol–water partition coefficient (Wildman–Crippen LogP) is 3.49. The van der Waals surface area contributed by atoms with E-state index < -0.39 is 11.6 Å². The zero-order valence-electron chi connectivity index (χ0n) is 11.7. The van der Waals surface area contributed by atoms with Gasteiger partial charge >= 0.3 is 0 Å². The number of rotatable bonds is 4. The van der Waals surface area contributed by atoms with Gasteiger partial charge in [-0.15, -0.1) is 5.10 Å². The van der Waals surface area contributed by atoms with Gasteiger partial charge < -0.3 is 5.32 Å². The molecular weight excluding hydrogens is 274 g/mol. The molecule has 2 aromatic rings. The second kappa shape index (κ2) is 6.27. The topological polar surface area (TPSA) is 61.6 Å². The van der Waals surface area contributed by atoms with Crippen molar-refractivity contribution in [3.63, 3.8) is 0 Å². The smallest absolute Gasteiger partial charge is 0.171 e. The quantitative estimate of drug-likeness (QED) is 0.935. The van der Waals surface area contributed by atoms with Crippen LogP contribution in [0.3, 0.4) is 0 Å². The molecule has 108 valence electrons. The van der Waals surface area contributed by atoms with Crippen molar-refractivity contribution in [2.75, 3.05) is 5.32 Å². The number of aromatic nitrogens is 2. The summed E-state index contributed by atoms with van der Waals surface area (Å²) < 4.78 is 26.8. The summed E-state index contributed by atoms with van der Waals surface area (Å²) in [4.78, 5) is 0. The monoisotopic (exact) mass is 288 g/mol. The highest BCUT2D eigenvalue weighted by Crippen LogP contribution is 2.25. The Kier molecular flexibility index (Phi) is 4.43. The SMILES string of the molecule is CCc1nnc(Nc2cc(F)ccc2F)c(C#N)c1CC. The third kappa shape index (κ3) is 2.97. The van der Waals surface area contributed by atoms with Gasteiger partial charge in [0.1, 0.15) is 23.3 Å². The Labute approximate surface area is 121 Å². The second-order valence-corrected chi connectivity index (χ2v) is 4.42. The summed E-state index contributed by atoms with van der Waals surface area (Å²) in [7, 11) is 0. The Bertz CT molecular complexity index is 708. The Hall–Kier alpha value is -2.55. The number of benzene rings is 1. The van der Waals surface area contributed by atoms with E-state index in [0.717, 1.165) is 29.5 Å². The van der Waals surface area contributed by atoms with Gasteiger partial charge in [0.05, 0.1) is 11.4 Å². The molecule has 0 aliphatic heterocycles. The van der Waals surface area contributed by atoms with E-state index in [-0.39, 0.29) is 11.5 Å². The Morgan fingerprint density at radius 3 is 2.57 bits per heavy atom. The molecule has 0 saturated heterocycles. The average molecular weight is 288 g/mol. The lowest BCUT2D eigenvalue weighted by Crippen LogP contribution is -2.08. The van der Waals surface area contributed by atoms with Crippen LogP contribution >= 0.6 is 0 Å². The Balaban J connectivity index is 2.50. The van der Waals surface area contributed by atoms with E-state index in [1.54, 1.807) is 0 Å². The Morgan fingerprint density at radius 1 is 1.19 bits per heavy atom. The summed E-state index contributed by atoms with van der Waals surface area (Å²) in [5, 5.41) is 19.9. The highest BCUT2D eigenvalue weighted by molar-refractivity contribution is 5.65. The van der Waals surface area contributed by atoms with Crippen molar-refractivity contribution in [2.45, 2.75) is 26.7 Å². The first-order valence-electron chi connectivity index (χ1n) is 6.61. The lowest BCUT2D eigenvalue weighted by atomic mass is 10.0. The molecule has 1 aromatic carbocycles. The van der Waals surface area contributed by atoms with Gasteiger partial charge in [-0.1, -0.05) is 13.8 Å². The molecule has 0 unspecified atom stereocenters. The van der Waals surface area contributed by atoms with Gasteiger partial charge in [0, 0.05) is 6.07 Å². The molecule has 0 amide bonds. The summed E-state index contributed by atoms with van der Waals surface area (Å²) in [5.74, 6) is -1.07. The molecule has 0 spiro atoms. The molecule has 1 heterocycles. The number of halogens is 2. The molecule has 0 radical (unpaired) electrons. The molecule has 0 saturated carbocycles. The largest absolute Gasteiger partial charge is 0.335 e. The number of anilines is 2. The molecule has 0 atom stereocenters. The first kappa shape index (κ1) is 14.9. The number of hydrogen-bond acceptors (Lipinski definition) is 4. The van der Waals surface area contributed by atoms with Crippen LogP contribution in [-0.2, 0) is 12.8 Å². The van der Waals surface area contributed by atoms with E-state index in [2.05, 4.69) is 21.6 Å². The third-order valence-corrected chi connectivity index (χ3v) is 3.14. The number of nitrogens with one attached hydrogen (secondary N) is 1. The van der Waals surface area contributed by atoms with E-state index >= 15 is 0 Å². The number of hydrogen-bond donors (Lipinski definition) is 1. The van der Waals surface area contributed by atoms with Crippen molar-refractivity contribution in [3.05, 3.63) is 46.7 Å². The van der Waals surface area contributed by atoms with Crippen LogP contribution in [-0.4, -0.2) is 10.2 Å². The molecule has 0 aliphatic carbocycles. The fourth-order valence-corrected chi connectivity index (χ4v) is 2.10. The summed E-state index contributed by atoms with van der Waals surface area (Å²) in [5.41, 5.74) is 1.74. The molecule has 0 aliphatic rings. The fraction of sp³-hybridized carbons (Fsp3) is 0.267. The highest BCUT2D eigenvalue weighted by Gasteiger charge is 2.15. The lowest BCUT2D eigenvalue weighted by molar-refractivity contribution is 0.603. The highest BCUT2D eigenvalue weighted by atomic mass is 19.1. The minimum atomic E-state index is -0.625. The fourth-order valence-electron chi connectivity index (χ4n) is 2.10. The van der Waals surface area contributed by atoms with Crippen molar-refractivity contribution in [3.8, 4) is 6.07 Å². The summed E-state index contributed by atoms with van der Waals surface area (Å²) in [6.45, 7) is 3.83. The van der Waals surface area contributed by atoms with Crippen LogP contribution in [0.25, 0.3) is 0 Å². The molecular formula is C15H14F2N4. The zero-order chi connectivity index (χ0) is 15.4. The van der Waals surface area contributed by atoms with Crippen LogP contribution in [0.15, 0.2) is 18.2 Å². The van der Waals surface area contributed by atoms with Gasteiger partial charge in [0.2, 0.25) is 0 Å². The average Bonchev–Trinajstić information content (AvgIpc) is 2.50. The first-order valence-corrected chi connectivity index (χ1v) is 6.61. The van der Waals surface area contributed by atoms with Gasteiger partial charge in [-0.25, -0.2) is 8.78 Å². The molecule has 1 aromatic heterocycles. The number of nitrogens with zero attached hydrogens (tertiary/aromatic N) is 3. The summed E-state index contributed by atoms with van der Waals surface area (Å²) in [6.07, 6.45) is 1.27. The molecule has 1 N–H and O–H groups in total. The number of aryl methyl sites for hydroxylation is 1. The van der Waals surface area contributed by atoms with Gasteiger partial charge in [-0.05, 0) is 30.5 Å². The normalized spacial score (nSPS) is 10.2. The van der Waals surface area contributed by atoms with E-state index in [1.807, 2.05) is 13.8 Å². The minimum Gasteiger partial charge on any atom is -0.335 e. The molecule has 0 fully saturated rings. The van der Waals surface area contributed by atoms with E-state index in [9.17, 15) is 14.0 Å². The van der Waals surface area contributed by atoms with Crippen molar-refractivity contribution in [2.24, 2.45) is 0 Å². The summed E-state index contributed by atoms with van der Waals surface area (Å²) in [6, 6.07) is 5.11. The van der Waals surface area contributed by atoms with Crippen LogP contribution in [0.5, 0.6) is 0 Å².